The Labute approximate surface area is 147 Å². The molecular formula is C19H35N3O2. The Morgan fingerprint density at radius 3 is 2.54 bits per heavy atom. The highest BCUT2D eigenvalue weighted by Crippen LogP contribution is 2.24. The molecule has 0 bridgehead atoms. The first kappa shape index (κ1) is 19.2. The zero-order chi connectivity index (χ0) is 17.5. The average molecular weight is 338 g/mol. The molecule has 2 saturated heterocycles. The van der Waals surface area contributed by atoms with Crippen molar-refractivity contribution in [3.63, 3.8) is 0 Å². The van der Waals surface area contributed by atoms with Crippen LogP contribution in [-0.2, 0) is 9.59 Å². The van der Waals surface area contributed by atoms with Crippen LogP contribution >= 0.6 is 0 Å². The van der Waals surface area contributed by atoms with Crippen LogP contribution in [-0.4, -0.2) is 60.4 Å². The van der Waals surface area contributed by atoms with Crippen LogP contribution in [0, 0.1) is 11.8 Å². The van der Waals surface area contributed by atoms with Crippen LogP contribution < -0.4 is 5.32 Å². The second kappa shape index (κ2) is 9.40. The molecule has 2 aliphatic heterocycles. The van der Waals surface area contributed by atoms with Gasteiger partial charge in [0.25, 0.3) is 0 Å². The lowest BCUT2D eigenvalue weighted by Gasteiger charge is -2.40. The summed E-state index contributed by atoms with van der Waals surface area (Å²) in [6.07, 6.45) is 5.84. The fraction of sp³-hybridized carbons (Fsp3) is 0.895. The quantitative estimate of drug-likeness (QED) is 0.809. The Bertz CT molecular complexity index is 421. The van der Waals surface area contributed by atoms with E-state index in [-0.39, 0.29) is 23.7 Å². The first-order valence-corrected chi connectivity index (χ1v) is 9.88. The monoisotopic (exact) mass is 337 g/mol. The first-order valence-electron chi connectivity index (χ1n) is 9.88. The zero-order valence-electron chi connectivity index (χ0n) is 15.7. The molecule has 0 radical (unpaired) electrons. The van der Waals surface area contributed by atoms with Gasteiger partial charge >= 0.3 is 0 Å². The maximum absolute atomic E-state index is 13.2. The van der Waals surface area contributed by atoms with Crippen molar-refractivity contribution in [3.05, 3.63) is 0 Å². The second-order valence-electron chi connectivity index (χ2n) is 7.45. The van der Waals surface area contributed by atoms with Crippen molar-refractivity contribution >= 4 is 11.8 Å². The number of nitrogens with one attached hydrogen (secondary N) is 1. The molecule has 0 aromatic heterocycles. The van der Waals surface area contributed by atoms with Gasteiger partial charge in [-0.15, -0.1) is 0 Å². The van der Waals surface area contributed by atoms with Gasteiger partial charge in [-0.25, -0.2) is 0 Å². The molecule has 24 heavy (non-hydrogen) atoms. The number of hydrogen-bond donors (Lipinski definition) is 1. The minimum absolute atomic E-state index is 0.00630. The summed E-state index contributed by atoms with van der Waals surface area (Å²) < 4.78 is 0. The Hall–Kier alpha value is -1.10. The third-order valence-corrected chi connectivity index (χ3v) is 5.61. The predicted molar refractivity (Wildman–Crippen MR) is 96.7 cm³/mol. The summed E-state index contributed by atoms with van der Waals surface area (Å²) >= 11 is 0. The van der Waals surface area contributed by atoms with Crippen molar-refractivity contribution in [1.82, 2.24) is 15.1 Å². The van der Waals surface area contributed by atoms with Crippen LogP contribution in [0.2, 0.25) is 0 Å². The number of piperidine rings is 2. The van der Waals surface area contributed by atoms with Gasteiger partial charge in [0.05, 0.1) is 5.92 Å². The summed E-state index contributed by atoms with van der Waals surface area (Å²) in [6.45, 7) is 10.5. The molecule has 1 N–H and O–H groups in total. The van der Waals surface area contributed by atoms with E-state index >= 15 is 0 Å². The Balaban J connectivity index is 2.01. The standard InChI is InChI=1S/C19H35N3O2/c1-4-12-22(17-8-10-20-11-9-17)19(24)16-7-6-13-21(14-16)18(23)15(3)5-2/h15-17,20H,4-14H2,1-3H3. The van der Waals surface area contributed by atoms with Crippen molar-refractivity contribution in [3.8, 4) is 0 Å². The number of amides is 2. The van der Waals surface area contributed by atoms with E-state index in [0.29, 0.717) is 12.6 Å². The molecule has 2 fully saturated rings. The van der Waals surface area contributed by atoms with E-state index in [0.717, 1.165) is 64.7 Å². The molecule has 2 rings (SSSR count). The van der Waals surface area contributed by atoms with Crippen molar-refractivity contribution in [2.75, 3.05) is 32.7 Å². The van der Waals surface area contributed by atoms with Crippen LogP contribution in [0.5, 0.6) is 0 Å². The Kier molecular flexibility index (Phi) is 7.53. The molecule has 0 aliphatic carbocycles. The predicted octanol–water partition coefficient (Wildman–Crippen LogP) is 2.26. The Morgan fingerprint density at radius 2 is 1.92 bits per heavy atom. The second-order valence-corrected chi connectivity index (χ2v) is 7.45. The third-order valence-electron chi connectivity index (χ3n) is 5.61. The largest absolute Gasteiger partial charge is 0.342 e. The minimum atomic E-state index is -0.00630. The summed E-state index contributed by atoms with van der Waals surface area (Å²) in [5, 5.41) is 3.38. The van der Waals surface area contributed by atoms with E-state index in [2.05, 4.69) is 24.1 Å². The van der Waals surface area contributed by atoms with Crippen LogP contribution in [0.4, 0.5) is 0 Å². The molecular weight excluding hydrogens is 302 g/mol. The number of rotatable bonds is 6. The topological polar surface area (TPSA) is 52.7 Å². The molecule has 0 spiro atoms. The Morgan fingerprint density at radius 1 is 1.21 bits per heavy atom. The fourth-order valence-corrected chi connectivity index (χ4v) is 3.93. The fourth-order valence-electron chi connectivity index (χ4n) is 3.93. The lowest BCUT2D eigenvalue weighted by atomic mass is 9.93. The highest BCUT2D eigenvalue weighted by Gasteiger charge is 2.34. The van der Waals surface area contributed by atoms with E-state index in [9.17, 15) is 9.59 Å². The third kappa shape index (κ3) is 4.71. The van der Waals surface area contributed by atoms with Gasteiger partial charge in [0.1, 0.15) is 0 Å². The van der Waals surface area contributed by atoms with E-state index in [1.54, 1.807) is 0 Å². The van der Waals surface area contributed by atoms with Gasteiger partial charge in [-0.05, 0) is 51.6 Å². The maximum atomic E-state index is 13.2. The number of nitrogens with zero attached hydrogens (tertiary/aromatic N) is 2. The number of hydrogen-bond acceptors (Lipinski definition) is 3. The van der Waals surface area contributed by atoms with Crippen molar-refractivity contribution in [2.45, 2.75) is 65.3 Å². The van der Waals surface area contributed by atoms with E-state index in [1.165, 1.54) is 0 Å². The van der Waals surface area contributed by atoms with Gasteiger partial charge in [0.15, 0.2) is 0 Å². The zero-order valence-corrected chi connectivity index (χ0v) is 15.7. The smallest absolute Gasteiger partial charge is 0.227 e. The summed E-state index contributed by atoms with van der Waals surface area (Å²) in [5.74, 6) is 0.563. The van der Waals surface area contributed by atoms with E-state index in [1.807, 2.05) is 11.8 Å². The highest BCUT2D eigenvalue weighted by atomic mass is 16.2. The van der Waals surface area contributed by atoms with Crippen LogP contribution in [0.1, 0.15) is 59.3 Å². The molecule has 0 aromatic rings. The van der Waals surface area contributed by atoms with Crippen LogP contribution in [0.25, 0.3) is 0 Å². The maximum Gasteiger partial charge on any atom is 0.227 e. The summed E-state index contributed by atoms with van der Waals surface area (Å²) in [7, 11) is 0. The molecule has 5 nitrogen and oxygen atoms in total. The number of likely N-dealkylation sites (tertiary alicyclic amines) is 1. The van der Waals surface area contributed by atoms with Gasteiger partial charge in [-0.2, -0.15) is 0 Å². The lowest BCUT2D eigenvalue weighted by molar-refractivity contribution is -0.144. The lowest BCUT2D eigenvalue weighted by Crippen LogP contribution is -2.52. The van der Waals surface area contributed by atoms with Gasteiger partial charge < -0.3 is 15.1 Å². The summed E-state index contributed by atoms with van der Waals surface area (Å²) in [4.78, 5) is 29.7. The van der Waals surface area contributed by atoms with Crippen molar-refractivity contribution in [1.29, 1.82) is 0 Å². The van der Waals surface area contributed by atoms with Gasteiger partial charge in [0, 0.05) is 31.6 Å². The van der Waals surface area contributed by atoms with Crippen LogP contribution in [0.3, 0.4) is 0 Å². The summed E-state index contributed by atoms with van der Waals surface area (Å²) in [5.41, 5.74) is 0. The molecule has 2 heterocycles. The number of carbonyl (C=O) groups excluding carboxylic acids is 2. The van der Waals surface area contributed by atoms with E-state index < -0.39 is 0 Å². The highest BCUT2D eigenvalue weighted by molar-refractivity contribution is 5.82. The van der Waals surface area contributed by atoms with Crippen molar-refractivity contribution < 1.29 is 9.59 Å². The average Bonchev–Trinajstić information content (AvgIpc) is 2.65. The minimum Gasteiger partial charge on any atom is -0.342 e. The normalized spacial score (nSPS) is 23.8. The van der Waals surface area contributed by atoms with Crippen LogP contribution in [0.15, 0.2) is 0 Å². The molecule has 0 aromatic carbocycles. The van der Waals surface area contributed by atoms with Gasteiger partial charge in [-0.3, -0.25) is 9.59 Å². The molecule has 2 aliphatic rings. The van der Waals surface area contributed by atoms with Crippen molar-refractivity contribution in [2.24, 2.45) is 11.8 Å². The number of carbonyl (C=O) groups is 2. The molecule has 2 atom stereocenters. The molecule has 138 valence electrons. The first-order chi connectivity index (χ1) is 11.6. The van der Waals surface area contributed by atoms with E-state index in [4.69, 9.17) is 0 Å². The summed E-state index contributed by atoms with van der Waals surface area (Å²) in [6, 6.07) is 0.374. The van der Waals surface area contributed by atoms with Gasteiger partial charge in [-0.1, -0.05) is 20.8 Å². The molecule has 0 saturated carbocycles. The van der Waals surface area contributed by atoms with Gasteiger partial charge in [0.2, 0.25) is 11.8 Å². The molecule has 2 unspecified atom stereocenters. The molecule has 5 heteroatoms. The SMILES string of the molecule is CCCN(C(=O)C1CCCN(C(=O)C(C)CC)C1)C1CCNCC1. The molecule has 2 amide bonds.